The van der Waals surface area contributed by atoms with Gasteiger partial charge in [0.15, 0.2) is 5.65 Å². The molecule has 3 rings (SSSR count). The Morgan fingerprint density at radius 2 is 2.17 bits per heavy atom. The molecule has 0 aromatic carbocycles. The van der Waals surface area contributed by atoms with E-state index in [1.165, 1.54) is 16.0 Å². The summed E-state index contributed by atoms with van der Waals surface area (Å²) in [5, 5.41) is 23.3. The SMILES string of the molecule is CC(=O)OCCn1c([N+](=O)[O-])cnc1-c1nnc2ccc(Cl)nn12. The topological polar surface area (TPSA) is 130 Å². The summed E-state index contributed by atoms with van der Waals surface area (Å²) in [6.07, 6.45) is 1.09. The second-order valence-electron chi connectivity index (χ2n) is 4.64. The molecule has 124 valence electrons. The van der Waals surface area contributed by atoms with Crippen molar-refractivity contribution in [3.63, 3.8) is 0 Å². The summed E-state index contributed by atoms with van der Waals surface area (Å²) in [6.45, 7) is 1.23. The van der Waals surface area contributed by atoms with Gasteiger partial charge in [0.05, 0.1) is 0 Å². The number of imidazole rings is 1. The van der Waals surface area contributed by atoms with Crippen LogP contribution in [0.5, 0.6) is 0 Å². The lowest BCUT2D eigenvalue weighted by Gasteiger charge is -2.04. The number of esters is 1. The molecule has 3 heterocycles. The Morgan fingerprint density at radius 1 is 1.38 bits per heavy atom. The van der Waals surface area contributed by atoms with Crippen molar-refractivity contribution in [2.24, 2.45) is 0 Å². The Labute approximate surface area is 139 Å². The van der Waals surface area contributed by atoms with E-state index in [0.717, 1.165) is 6.20 Å². The number of nitro groups is 1. The van der Waals surface area contributed by atoms with Gasteiger partial charge in [0, 0.05) is 6.92 Å². The lowest BCUT2D eigenvalue weighted by atomic mass is 10.5. The van der Waals surface area contributed by atoms with Crippen molar-refractivity contribution < 1.29 is 14.5 Å². The van der Waals surface area contributed by atoms with E-state index in [4.69, 9.17) is 16.3 Å². The van der Waals surface area contributed by atoms with Crippen LogP contribution in [-0.2, 0) is 16.1 Å². The van der Waals surface area contributed by atoms with Gasteiger partial charge in [-0.1, -0.05) is 11.6 Å². The number of rotatable bonds is 5. The highest BCUT2D eigenvalue weighted by Crippen LogP contribution is 2.23. The van der Waals surface area contributed by atoms with Crippen molar-refractivity contribution in [3.05, 3.63) is 33.6 Å². The average molecular weight is 352 g/mol. The van der Waals surface area contributed by atoms with E-state index in [-0.39, 0.29) is 35.8 Å². The molecule has 0 aliphatic heterocycles. The van der Waals surface area contributed by atoms with E-state index < -0.39 is 10.9 Å². The third kappa shape index (κ3) is 2.88. The standard InChI is InChI=1S/C12H10ClN7O4/c1-7(21)24-5-4-18-10(20(22)23)6-14-11(18)12-16-15-9-3-2-8(13)17-19(9)12/h2-3,6H,4-5H2,1H3. The summed E-state index contributed by atoms with van der Waals surface area (Å²) in [4.78, 5) is 25.5. The van der Waals surface area contributed by atoms with Gasteiger partial charge in [0.2, 0.25) is 5.82 Å². The quantitative estimate of drug-likeness (QED) is 0.379. The Bertz CT molecular complexity index is 935. The van der Waals surface area contributed by atoms with Crippen LogP contribution in [0.25, 0.3) is 17.3 Å². The van der Waals surface area contributed by atoms with Crippen LogP contribution in [0.4, 0.5) is 5.82 Å². The predicted octanol–water partition coefficient (Wildman–Crippen LogP) is 1.11. The summed E-state index contributed by atoms with van der Waals surface area (Å²) in [5.74, 6) is -0.406. The first kappa shape index (κ1) is 15.8. The Kier molecular flexibility index (Phi) is 4.08. The van der Waals surface area contributed by atoms with Gasteiger partial charge in [-0.2, -0.15) is 14.2 Å². The number of hydrogen-bond donors (Lipinski definition) is 0. The highest BCUT2D eigenvalue weighted by Gasteiger charge is 2.26. The number of fused-ring (bicyclic) bond motifs is 1. The molecule has 0 saturated carbocycles. The molecule has 0 bridgehead atoms. The predicted molar refractivity (Wildman–Crippen MR) is 80.3 cm³/mol. The van der Waals surface area contributed by atoms with Crippen LogP contribution in [0.15, 0.2) is 18.3 Å². The molecule has 0 fully saturated rings. The molecule has 0 aliphatic rings. The largest absolute Gasteiger partial charge is 0.462 e. The van der Waals surface area contributed by atoms with Gasteiger partial charge in [-0.15, -0.1) is 10.2 Å². The van der Waals surface area contributed by atoms with E-state index in [9.17, 15) is 14.9 Å². The van der Waals surface area contributed by atoms with E-state index in [1.54, 1.807) is 12.1 Å². The zero-order chi connectivity index (χ0) is 17.3. The van der Waals surface area contributed by atoms with E-state index in [1.807, 2.05) is 0 Å². The molecule has 0 aliphatic carbocycles. The minimum Gasteiger partial charge on any atom is -0.462 e. The highest BCUT2D eigenvalue weighted by atomic mass is 35.5. The number of hydrogen-bond acceptors (Lipinski definition) is 8. The lowest BCUT2D eigenvalue weighted by Crippen LogP contribution is -2.13. The number of halogens is 1. The van der Waals surface area contributed by atoms with Crippen LogP contribution < -0.4 is 0 Å². The lowest BCUT2D eigenvalue weighted by molar-refractivity contribution is -0.392. The Balaban J connectivity index is 2.07. The van der Waals surface area contributed by atoms with Crippen LogP contribution in [0.1, 0.15) is 6.92 Å². The van der Waals surface area contributed by atoms with Crippen molar-refractivity contribution in [1.29, 1.82) is 0 Å². The first-order valence-electron chi connectivity index (χ1n) is 6.69. The fraction of sp³-hybridized carbons (Fsp3) is 0.250. The van der Waals surface area contributed by atoms with Gasteiger partial charge in [-0.3, -0.25) is 4.79 Å². The highest BCUT2D eigenvalue weighted by molar-refractivity contribution is 6.29. The molecule has 3 aromatic rings. The number of aromatic nitrogens is 6. The van der Waals surface area contributed by atoms with E-state index >= 15 is 0 Å². The van der Waals surface area contributed by atoms with Gasteiger partial charge in [0.1, 0.15) is 24.5 Å². The zero-order valence-corrected chi connectivity index (χ0v) is 13.0. The Hall–Kier alpha value is -3.08. The summed E-state index contributed by atoms with van der Waals surface area (Å²) in [7, 11) is 0. The molecule has 0 saturated heterocycles. The van der Waals surface area contributed by atoms with E-state index in [0.29, 0.717) is 5.65 Å². The molecule has 0 N–H and O–H groups in total. The van der Waals surface area contributed by atoms with Gasteiger partial charge >= 0.3 is 11.8 Å². The molecule has 0 amide bonds. The van der Waals surface area contributed by atoms with Crippen LogP contribution in [0.3, 0.4) is 0 Å². The summed E-state index contributed by atoms with van der Waals surface area (Å²) in [6, 6.07) is 3.15. The number of carbonyl (C=O) groups is 1. The van der Waals surface area contributed by atoms with Crippen LogP contribution in [-0.4, -0.2) is 46.9 Å². The van der Waals surface area contributed by atoms with Gasteiger partial charge < -0.3 is 14.9 Å². The molecule has 11 nitrogen and oxygen atoms in total. The molecule has 24 heavy (non-hydrogen) atoms. The molecule has 3 aromatic heterocycles. The molecule has 0 radical (unpaired) electrons. The van der Waals surface area contributed by atoms with Crippen LogP contribution in [0, 0.1) is 10.1 Å². The monoisotopic (exact) mass is 351 g/mol. The third-order valence-corrected chi connectivity index (χ3v) is 3.27. The normalized spacial score (nSPS) is 10.9. The maximum Gasteiger partial charge on any atom is 0.343 e. The second kappa shape index (κ2) is 6.20. The fourth-order valence-corrected chi connectivity index (χ4v) is 2.24. The molecule has 0 spiro atoms. The van der Waals surface area contributed by atoms with Crippen LogP contribution >= 0.6 is 11.6 Å². The molecule has 0 atom stereocenters. The molecular formula is C12H10ClN7O4. The molecule has 0 unspecified atom stereocenters. The zero-order valence-electron chi connectivity index (χ0n) is 12.3. The number of ether oxygens (including phenoxy) is 1. The van der Waals surface area contributed by atoms with Crippen molar-refractivity contribution in [3.8, 4) is 11.6 Å². The van der Waals surface area contributed by atoms with E-state index in [2.05, 4.69) is 20.3 Å². The summed E-state index contributed by atoms with van der Waals surface area (Å²) >= 11 is 5.87. The number of nitrogens with zero attached hydrogens (tertiary/aromatic N) is 7. The van der Waals surface area contributed by atoms with Gasteiger partial charge in [-0.05, 0) is 17.1 Å². The summed E-state index contributed by atoms with van der Waals surface area (Å²) < 4.78 is 7.44. The minimum atomic E-state index is -0.589. The van der Waals surface area contributed by atoms with Crippen molar-refractivity contribution >= 4 is 29.0 Å². The maximum absolute atomic E-state index is 11.2. The fourth-order valence-electron chi connectivity index (χ4n) is 2.10. The van der Waals surface area contributed by atoms with Gasteiger partial charge in [0.25, 0.3) is 5.82 Å². The third-order valence-electron chi connectivity index (χ3n) is 3.07. The maximum atomic E-state index is 11.2. The molecular weight excluding hydrogens is 342 g/mol. The number of carbonyl (C=O) groups excluding carboxylic acids is 1. The Morgan fingerprint density at radius 3 is 2.88 bits per heavy atom. The average Bonchev–Trinajstić information content (AvgIpc) is 3.10. The second-order valence-corrected chi connectivity index (χ2v) is 5.03. The minimum absolute atomic E-state index is 0.0285. The van der Waals surface area contributed by atoms with Crippen LogP contribution in [0.2, 0.25) is 5.15 Å². The summed E-state index contributed by atoms with van der Waals surface area (Å²) in [5.41, 5.74) is 0.409. The smallest absolute Gasteiger partial charge is 0.343 e. The van der Waals surface area contributed by atoms with Gasteiger partial charge in [-0.25, -0.2) is 4.98 Å². The first-order valence-corrected chi connectivity index (χ1v) is 7.07. The first-order chi connectivity index (χ1) is 11.5. The molecule has 12 heteroatoms. The van der Waals surface area contributed by atoms with Crippen molar-refractivity contribution in [2.45, 2.75) is 13.5 Å². The van der Waals surface area contributed by atoms with Crippen molar-refractivity contribution in [1.82, 2.24) is 29.4 Å². The van der Waals surface area contributed by atoms with Crippen molar-refractivity contribution in [2.75, 3.05) is 6.61 Å².